The van der Waals surface area contributed by atoms with E-state index in [-0.39, 0.29) is 5.91 Å². The van der Waals surface area contributed by atoms with Gasteiger partial charge < -0.3 is 19.5 Å². The van der Waals surface area contributed by atoms with E-state index in [4.69, 9.17) is 9.47 Å². The van der Waals surface area contributed by atoms with Gasteiger partial charge in [0.15, 0.2) is 0 Å². The zero-order valence-electron chi connectivity index (χ0n) is 13.0. The van der Waals surface area contributed by atoms with E-state index >= 15 is 0 Å². The van der Waals surface area contributed by atoms with E-state index in [0.717, 1.165) is 6.42 Å². The number of benzene rings is 1. The molecule has 1 N–H and O–H groups in total. The van der Waals surface area contributed by atoms with Gasteiger partial charge in [-0.3, -0.25) is 4.79 Å². The summed E-state index contributed by atoms with van der Waals surface area (Å²) in [5, 5.41) is 9.38. The molecule has 1 heterocycles. The first-order valence-corrected chi connectivity index (χ1v) is 7.23. The van der Waals surface area contributed by atoms with Gasteiger partial charge in [0.2, 0.25) is 0 Å². The van der Waals surface area contributed by atoms with Crippen LogP contribution in [-0.4, -0.2) is 48.7 Å². The van der Waals surface area contributed by atoms with E-state index < -0.39 is 12.0 Å². The number of carboxylic acid groups (broad SMARTS) is 1. The lowest BCUT2D eigenvalue weighted by Crippen LogP contribution is -2.49. The van der Waals surface area contributed by atoms with Crippen molar-refractivity contribution in [3.05, 3.63) is 23.8 Å². The Morgan fingerprint density at radius 1 is 1.18 bits per heavy atom. The van der Waals surface area contributed by atoms with Crippen molar-refractivity contribution in [3.63, 3.8) is 0 Å². The molecule has 2 unspecified atom stereocenters. The number of methoxy groups -OCH3 is 2. The van der Waals surface area contributed by atoms with Crippen molar-refractivity contribution in [2.75, 3.05) is 20.8 Å². The molecule has 1 fully saturated rings. The number of amides is 1. The van der Waals surface area contributed by atoms with Crippen LogP contribution in [-0.2, 0) is 4.79 Å². The van der Waals surface area contributed by atoms with E-state index in [0.29, 0.717) is 35.9 Å². The summed E-state index contributed by atoms with van der Waals surface area (Å²) in [7, 11) is 3.01. The lowest BCUT2D eigenvalue weighted by atomic mass is 9.92. The first kappa shape index (κ1) is 16.1. The third kappa shape index (κ3) is 3.32. The maximum atomic E-state index is 12.7. The van der Waals surface area contributed by atoms with E-state index in [1.54, 1.807) is 18.2 Å². The summed E-state index contributed by atoms with van der Waals surface area (Å²) in [6.07, 6.45) is 1.28. The van der Waals surface area contributed by atoms with Gasteiger partial charge >= 0.3 is 5.97 Å². The van der Waals surface area contributed by atoms with Crippen LogP contribution in [0.2, 0.25) is 0 Å². The maximum Gasteiger partial charge on any atom is 0.326 e. The highest BCUT2D eigenvalue weighted by Gasteiger charge is 2.35. The van der Waals surface area contributed by atoms with Gasteiger partial charge in [0, 0.05) is 18.2 Å². The Balaban J connectivity index is 2.31. The molecule has 1 saturated heterocycles. The average molecular weight is 307 g/mol. The highest BCUT2D eigenvalue weighted by Crippen LogP contribution is 2.27. The molecule has 120 valence electrons. The number of aliphatic carboxylic acids is 1. The highest BCUT2D eigenvalue weighted by atomic mass is 16.5. The fraction of sp³-hybridized carbons (Fsp3) is 0.500. The smallest absolute Gasteiger partial charge is 0.326 e. The standard InChI is InChI=1S/C16H21NO5/c1-10-4-5-17(14(6-10)16(19)20)15(18)11-7-12(21-2)9-13(8-11)22-3/h7-10,14H,4-6H2,1-3H3,(H,19,20). The monoisotopic (exact) mass is 307 g/mol. The molecule has 2 atom stereocenters. The summed E-state index contributed by atoms with van der Waals surface area (Å²) < 4.78 is 10.3. The van der Waals surface area contributed by atoms with E-state index in [9.17, 15) is 14.7 Å². The van der Waals surface area contributed by atoms with Crippen molar-refractivity contribution in [2.24, 2.45) is 5.92 Å². The number of nitrogens with zero attached hydrogens (tertiary/aromatic N) is 1. The summed E-state index contributed by atoms with van der Waals surface area (Å²) in [4.78, 5) is 25.6. The Morgan fingerprint density at radius 3 is 2.27 bits per heavy atom. The van der Waals surface area contributed by atoms with Gasteiger partial charge in [-0.25, -0.2) is 4.79 Å². The predicted octanol–water partition coefficient (Wildman–Crippen LogP) is 2.03. The second kappa shape index (κ2) is 6.68. The minimum Gasteiger partial charge on any atom is -0.497 e. The largest absolute Gasteiger partial charge is 0.497 e. The quantitative estimate of drug-likeness (QED) is 0.921. The van der Waals surface area contributed by atoms with Crippen molar-refractivity contribution in [3.8, 4) is 11.5 Å². The topological polar surface area (TPSA) is 76.1 Å². The molecular formula is C16H21NO5. The van der Waals surface area contributed by atoms with Gasteiger partial charge in [-0.05, 0) is 30.9 Å². The fourth-order valence-electron chi connectivity index (χ4n) is 2.72. The second-order valence-electron chi connectivity index (χ2n) is 5.58. The van der Waals surface area contributed by atoms with Crippen LogP contribution in [0.15, 0.2) is 18.2 Å². The van der Waals surface area contributed by atoms with Crippen LogP contribution in [0.25, 0.3) is 0 Å². The van der Waals surface area contributed by atoms with Crippen LogP contribution in [0.3, 0.4) is 0 Å². The normalized spacial score (nSPS) is 21.3. The molecule has 1 aromatic rings. The Bertz CT molecular complexity index is 549. The average Bonchev–Trinajstić information content (AvgIpc) is 2.53. The van der Waals surface area contributed by atoms with Crippen LogP contribution in [0, 0.1) is 5.92 Å². The van der Waals surface area contributed by atoms with E-state index in [1.165, 1.54) is 19.1 Å². The van der Waals surface area contributed by atoms with Gasteiger partial charge in [-0.1, -0.05) is 6.92 Å². The number of hydrogen-bond donors (Lipinski definition) is 1. The van der Waals surface area contributed by atoms with Crippen LogP contribution in [0.5, 0.6) is 11.5 Å². The molecule has 1 amide bonds. The molecule has 1 aliphatic rings. The number of carboxylic acids is 1. The Labute approximate surface area is 129 Å². The molecule has 0 radical (unpaired) electrons. The third-order valence-corrected chi connectivity index (χ3v) is 4.01. The minimum atomic E-state index is -0.963. The number of rotatable bonds is 4. The first-order chi connectivity index (χ1) is 10.5. The molecule has 2 rings (SSSR count). The molecular weight excluding hydrogens is 286 g/mol. The van der Waals surface area contributed by atoms with Crippen LogP contribution in [0.1, 0.15) is 30.1 Å². The summed E-state index contributed by atoms with van der Waals surface area (Å²) in [6, 6.07) is 4.08. The Hall–Kier alpha value is -2.24. The van der Waals surface area contributed by atoms with Crippen molar-refractivity contribution in [1.29, 1.82) is 0 Å². The third-order valence-electron chi connectivity index (χ3n) is 4.01. The van der Waals surface area contributed by atoms with Gasteiger partial charge in [0.05, 0.1) is 14.2 Å². The van der Waals surface area contributed by atoms with Crippen LogP contribution >= 0.6 is 0 Å². The predicted molar refractivity (Wildman–Crippen MR) is 80.4 cm³/mol. The molecule has 1 aromatic carbocycles. The Kier molecular flexibility index (Phi) is 4.90. The molecule has 6 heteroatoms. The Morgan fingerprint density at radius 2 is 1.77 bits per heavy atom. The van der Waals surface area contributed by atoms with Crippen molar-refractivity contribution in [2.45, 2.75) is 25.8 Å². The molecule has 6 nitrogen and oxygen atoms in total. The number of carbonyl (C=O) groups excluding carboxylic acids is 1. The van der Waals surface area contributed by atoms with Gasteiger partial charge in [-0.2, -0.15) is 0 Å². The van der Waals surface area contributed by atoms with Crippen LogP contribution in [0.4, 0.5) is 0 Å². The van der Waals surface area contributed by atoms with Gasteiger partial charge in [0.25, 0.3) is 5.91 Å². The number of ether oxygens (including phenoxy) is 2. The summed E-state index contributed by atoms with van der Waals surface area (Å²) in [5.41, 5.74) is 0.372. The first-order valence-electron chi connectivity index (χ1n) is 7.23. The number of carbonyl (C=O) groups is 2. The lowest BCUT2D eigenvalue weighted by molar-refractivity contribution is -0.144. The van der Waals surface area contributed by atoms with E-state index in [1.807, 2.05) is 6.92 Å². The van der Waals surface area contributed by atoms with Crippen molar-refractivity contribution >= 4 is 11.9 Å². The van der Waals surface area contributed by atoms with Gasteiger partial charge in [-0.15, -0.1) is 0 Å². The summed E-state index contributed by atoms with van der Waals surface area (Å²) in [6.45, 7) is 2.45. The van der Waals surface area contributed by atoms with E-state index in [2.05, 4.69) is 0 Å². The molecule has 0 saturated carbocycles. The maximum absolute atomic E-state index is 12.7. The highest BCUT2D eigenvalue weighted by molar-refractivity contribution is 5.97. The molecule has 0 bridgehead atoms. The number of piperidine rings is 1. The van der Waals surface area contributed by atoms with Crippen molar-refractivity contribution < 1.29 is 24.2 Å². The minimum absolute atomic E-state index is 0.296. The number of hydrogen-bond acceptors (Lipinski definition) is 4. The zero-order valence-corrected chi connectivity index (χ0v) is 13.0. The fourth-order valence-corrected chi connectivity index (χ4v) is 2.72. The second-order valence-corrected chi connectivity index (χ2v) is 5.58. The molecule has 0 aliphatic carbocycles. The molecule has 1 aliphatic heterocycles. The number of likely N-dealkylation sites (tertiary alicyclic amines) is 1. The van der Waals surface area contributed by atoms with Gasteiger partial charge in [0.1, 0.15) is 17.5 Å². The van der Waals surface area contributed by atoms with Crippen LogP contribution < -0.4 is 9.47 Å². The molecule has 0 spiro atoms. The molecule has 0 aromatic heterocycles. The SMILES string of the molecule is COc1cc(OC)cc(C(=O)N2CCC(C)CC2C(=O)O)c1. The zero-order chi connectivity index (χ0) is 16.3. The lowest BCUT2D eigenvalue weighted by Gasteiger charge is -2.36. The summed E-state index contributed by atoms with van der Waals surface area (Å²) in [5.74, 6) is 0.0242. The van der Waals surface area contributed by atoms with Crippen molar-refractivity contribution in [1.82, 2.24) is 4.90 Å². The molecule has 22 heavy (non-hydrogen) atoms. The summed E-state index contributed by atoms with van der Waals surface area (Å²) >= 11 is 0.